The lowest BCUT2D eigenvalue weighted by Crippen LogP contribution is -2.54. The molecule has 1 aliphatic rings. The van der Waals surface area contributed by atoms with E-state index in [0.717, 1.165) is 16.6 Å². The third kappa shape index (κ3) is 3.67. The summed E-state index contributed by atoms with van der Waals surface area (Å²) in [6, 6.07) is 3.45. The molecule has 1 saturated carbocycles. The second-order valence-corrected chi connectivity index (χ2v) is 7.87. The summed E-state index contributed by atoms with van der Waals surface area (Å²) < 4.78 is 0.837. The van der Waals surface area contributed by atoms with E-state index >= 15 is 0 Å². The summed E-state index contributed by atoms with van der Waals surface area (Å²) in [6.07, 6.45) is 2.43. The zero-order chi connectivity index (χ0) is 16.3. The van der Waals surface area contributed by atoms with Gasteiger partial charge in [-0.15, -0.1) is 11.3 Å². The zero-order valence-electron chi connectivity index (χ0n) is 12.1. The Labute approximate surface area is 140 Å². The van der Waals surface area contributed by atoms with Crippen molar-refractivity contribution < 1.29 is 19.5 Å². The second-order valence-electron chi connectivity index (χ2n) is 5.41. The molecular weight excluding hydrogens is 372 g/mol. The maximum Gasteiger partial charge on any atom is 0.329 e. The van der Waals surface area contributed by atoms with Gasteiger partial charge in [-0.2, -0.15) is 0 Å². The Hall–Kier alpha value is -1.41. The normalized spacial score (nSPS) is 16.3. The maximum atomic E-state index is 12.2. The summed E-state index contributed by atoms with van der Waals surface area (Å²) in [5.74, 6) is -1.72. The lowest BCUT2D eigenvalue weighted by atomic mass is 9.98. The van der Waals surface area contributed by atoms with Gasteiger partial charge in [0.25, 0.3) is 5.91 Å². The van der Waals surface area contributed by atoms with Crippen molar-refractivity contribution in [2.45, 2.75) is 31.2 Å². The monoisotopic (exact) mass is 388 g/mol. The average molecular weight is 389 g/mol. The highest BCUT2D eigenvalue weighted by molar-refractivity contribution is 9.11. The number of nitrogens with one attached hydrogen (secondary N) is 1. The van der Waals surface area contributed by atoms with Gasteiger partial charge in [-0.25, -0.2) is 4.79 Å². The van der Waals surface area contributed by atoms with E-state index in [4.69, 9.17) is 0 Å². The molecule has 0 aromatic carbocycles. The van der Waals surface area contributed by atoms with E-state index in [2.05, 4.69) is 21.2 Å². The number of hydrogen-bond acceptors (Lipinski definition) is 4. The molecular formula is C14H17BrN2O4S. The molecule has 120 valence electrons. The zero-order valence-corrected chi connectivity index (χ0v) is 14.5. The molecule has 0 radical (unpaired) electrons. The third-order valence-electron chi connectivity index (χ3n) is 3.76. The van der Waals surface area contributed by atoms with Crippen molar-refractivity contribution >= 4 is 45.1 Å². The van der Waals surface area contributed by atoms with Crippen molar-refractivity contribution in [3.05, 3.63) is 20.8 Å². The van der Waals surface area contributed by atoms with E-state index < -0.39 is 17.4 Å². The highest BCUT2D eigenvalue weighted by Gasteiger charge is 2.42. The number of halogens is 1. The Kier molecular flexibility index (Phi) is 5.23. The van der Waals surface area contributed by atoms with Crippen LogP contribution < -0.4 is 5.32 Å². The average Bonchev–Trinajstić information content (AvgIpc) is 3.07. The third-order valence-corrected chi connectivity index (χ3v) is 5.37. The summed E-state index contributed by atoms with van der Waals surface area (Å²) in [4.78, 5) is 37.5. The largest absolute Gasteiger partial charge is 0.480 e. The molecule has 1 fully saturated rings. The van der Waals surface area contributed by atoms with Crippen LogP contribution in [0.25, 0.3) is 0 Å². The molecule has 0 bridgehead atoms. The van der Waals surface area contributed by atoms with Crippen LogP contribution in [0.3, 0.4) is 0 Å². The van der Waals surface area contributed by atoms with E-state index in [-0.39, 0.29) is 12.5 Å². The van der Waals surface area contributed by atoms with E-state index in [1.165, 1.54) is 23.3 Å². The number of hydrogen-bond donors (Lipinski definition) is 2. The SMILES string of the molecule is CN(CC(=O)NC1(C(=O)O)CCCC1)C(=O)c1ccc(Br)s1. The van der Waals surface area contributed by atoms with Gasteiger partial charge in [0.05, 0.1) is 15.2 Å². The first kappa shape index (κ1) is 17.0. The minimum absolute atomic E-state index is 0.163. The minimum atomic E-state index is -1.17. The fourth-order valence-corrected chi connectivity index (χ4v) is 3.96. The molecule has 2 amide bonds. The molecule has 0 unspecified atom stereocenters. The number of aliphatic carboxylic acids is 1. The van der Waals surface area contributed by atoms with E-state index in [9.17, 15) is 19.5 Å². The molecule has 1 aromatic heterocycles. The molecule has 2 N–H and O–H groups in total. The maximum absolute atomic E-state index is 12.2. The molecule has 0 atom stereocenters. The summed E-state index contributed by atoms with van der Waals surface area (Å²) in [5, 5.41) is 11.9. The molecule has 0 saturated heterocycles. The van der Waals surface area contributed by atoms with Crippen molar-refractivity contribution in [1.29, 1.82) is 0 Å². The van der Waals surface area contributed by atoms with Crippen molar-refractivity contribution in [1.82, 2.24) is 10.2 Å². The first-order valence-corrected chi connectivity index (χ1v) is 8.50. The number of amides is 2. The van der Waals surface area contributed by atoms with Gasteiger partial charge in [0, 0.05) is 7.05 Å². The number of thiophene rings is 1. The van der Waals surface area contributed by atoms with Gasteiger partial charge in [-0.05, 0) is 40.9 Å². The molecule has 2 rings (SSSR count). The lowest BCUT2D eigenvalue weighted by molar-refractivity contribution is -0.147. The number of rotatable bonds is 5. The van der Waals surface area contributed by atoms with Crippen molar-refractivity contribution in [3.63, 3.8) is 0 Å². The van der Waals surface area contributed by atoms with Crippen molar-refractivity contribution in [3.8, 4) is 0 Å². The molecule has 1 heterocycles. The number of carboxylic acids is 1. The Morgan fingerprint density at radius 1 is 1.36 bits per heavy atom. The number of carboxylic acid groups (broad SMARTS) is 1. The van der Waals surface area contributed by atoms with Gasteiger partial charge in [-0.3, -0.25) is 9.59 Å². The summed E-state index contributed by atoms with van der Waals surface area (Å²) in [5.41, 5.74) is -1.17. The predicted molar refractivity (Wildman–Crippen MR) is 86.0 cm³/mol. The highest BCUT2D eigenvalue weighted by Crippen LogP contribution is 2.30. The smallest absolute Gasteiger partial charge is 0.329 e. The van der Waals surface area contributed by atoms with E-state index in [1.54, 1.807) is 12.1 Å². The molecule has 22 heavy (non-hydrogen) atoms. The van der Waals surface area contributed by atoms with Gasteiger partial charge < -0.3 is 15.3 Å². The fraction of sp³-hybridized carbons (Fsp3) is 0.500. The van der Waals surface area contributed by atoms with Crippen LogP contribution in [-0.4, -0.2) is 46.9 Å². The van der Waals surface area contributed by atoms with E-state index in [0.29, 0.717) is 17.7 Å². The summed E-state index contributed by atoms with van der Waals surface area (Å²) >= 11 is 4.57. The number of carbonyl (C=O) groups is 3. The summed E-state index contributed by atoms with van der Waals surface area (Å²) in [6.45, 7) is -0.163. The van der Waals surface area contributed by atoms with Crippen LogP contribution >= 0.6 is 27.3 Å². The van der Waals surface area contributed by atoms with Gasteiger partial charge in [0.15, 0.2) is 0 Å². The Morgan fingerprint density at radius 3 is 2.50 bits per heavy atom. The molecule has 1 aliphatic carbocycles. The van der Waals surface area contributed by atoms with Crippen LogP contribution in [0.5, 0.6) is 0 Å². The van der Waals surface area contributed by atoms with Gasteiger partial charge in [-0.1, -0.05) is 12.8 Å². The minimum Gasteiger partial charge on any atom is -0.480 e. The van der Waals surface area contributed by atoms with Crippen molar-refractivity contribution in [2.24, 2.45) is 0 Å². The van der Waals surface area contributed by atoms with E-state index in [1.807, 2.05) is 0 Å². The molecule has 6 nitrogen and oxygen atoms in total. The summed E-state index contributed by atoms with van der Waals surface area (Å²) in [7, 11) is 1.53. The second kappa shape index (κ2) is 6.78. The standard InChI is InChI=1S/C14H17BrN2O4S/c1-17(12(19)9-4-5-10(15)22-9)8-11(18)16-14(13(20)21)6-2-3-7-14/h4-5H,2-3,6-8H2,1H3,(H,16,18)(H,20,21). The van der Waals surface area contributed by atoms with Crippen LogP contribution in [0, 0.1) is 0 Å². The lowest BCUT2D eigenvalue weighted by Gasteiger charge is -2.26. The number of nitrogens with zero attached hydrogens (tertiary/aromatic N) is 1. The number of likely N-dealkylation sites (N-methyl/N-ethyl adjacent to an activating group) is 1. The first-order valence-electron chi connectivity index (χ1n) is 6.89. The Morgan fingerprint density at radius 2 is 2.00 bits per heavy atom. The highest BCUT2D eigenvalue weighted by atomic mass is 79.9. The Balaban J connectivity index is 1.96. The van der Waals surface area contributed by atoms with Crippen LogP contribution in [0.2, 0.25) is 0 Å². The predicted octanol–water partition coefficient (Wildman–Crippen LogP) is 2.10. The van der Waals surface area contributed by atoms with Crippen LogP contribution in [-0.2, 0) is 9.59 Å². The van der Waals surface area contributed by atoms with Gasteiger partial charge in [0.2, 0.25) is 5.91 Å². The molecule has 0 aliphatic heterocycles. The molecule has 8 heteroatoms. The molecule has 1 aromatic rings. The van der Waals surface area contributed by atoms with Gasteiger partial charge >= 0.3 is 5.97 Å². The fourth-order valence-electron chi connectivity index (χ4n) is 2.58. The first-order chi connectivity index (χ1) is 10.3. The topological polar surface area (TPSA) is 86.7 Å². The van der Waals surface area contributed by atoms with Crippen LogP contribution in [0.1, 0.15) is 35.4 Å². The quantitative estimate of drug-likeness (QED) is 0.808. The van der Waals surface area contributed by atoms with Crippen LogP contribution in [0.4, 0.5) is 0 Å². The Bertz CT molecular complexity index is 595. The van der Waals surface area contributed by atoms with Crippen molar-refractivity contribution in [2.75, 3.05) is 13.6 Å². The number of carbonyl (C=O) groups excluding carboxylic acids is 2. The van der Waals surface area contributed by atoms with Gasteiger partial charge in [0.1, 0.15) is 5.54 Å². The molecule has 0 spiro atoms. The van der Waals surface area contributed by atoms with Crippen LogP contribution in [0.15, 0.2) is 15.9 Å².